The molecule has 0 amide bonds. The number of hydrogen-bond donors (Lipinski definition) is 2. The van der Waals surface area contributed by atoms with Crippen LogP contribution in [0.25, 0.3) is 0 Å². The Hall–Kier alpha value is -1.85. The van der Waals surface area contributed by atoms with E-state index in [0.29, 0.717) is 0 Å². The molecule has 0 aliphatic carbocycles. The number of hydrogen-bond acceptors (Lipinski definition) is 4. The molecule has 2 rings (SSSR count). The van der Waals surface area contributed by atoms with Gasteiger partial charge in [0, 0.05) is 18.0 Å². The first-order chi connectivity index (χ1) is 7.81. The average Bonchev–Trinajstić information content (AvgIpc) is 2.34. The number of nitrogens with two attached hydrogens (primary N) is 1. The molecule has 0 fully saturated rings. The van der Waals surface area contributed by atoms with E-state index in [2.05, 4.69) is 15.4 Å². The zero-order valence-corrected chi connectivity index (χ0v) is 8.47. The van der Waals surface area contributed by atoms with Gasteiger partial charge in [0.1, 0.15) is 12.1 Å². The van der Waals surface area contributed by atoms with Gasteiger partial charge < -0.3 is 0 Å². The molecule has 0 bridgehead atoms. The smallest absolute Gasteiger partial charge is 0.123 e. The molecule has 1 unspecified atom stereocenters. The number of aromatic nitrogens is 2. The van der Waals surface area contributed by atoms with Gasteiger partial charge in [0.05, 0.1) is 6.04 Å². The molecule has 1 heterocycles. The molecule has 0 spiro atoms. The topological polar surface area (TPSA) is 63.8 Å². The molecule has 5 heteroatoms. The van der Waals surface area contributed by atoms with Gasteiger partial charge in [-0.15, -0.1) is 0 Å². The summed E-state index contributed by atoms with van der Waals surface area (Å²) < 4.78 is 12.8. The Morgan fingerprint density at radius 1 is 1.06 bits per heavy atom. The molecule has 0 saturated carbocycles. The van der Waals surface area contributed by atoms with Gasteiger partial charge in [-0.1, -0.05) is 12.1 Å². The van der Waals surface area contributed by atoms with E-state index in [1.54, 1.807) is 24.5 Å². The maximum Gasteiger partial charge on any atom is 0.123 e. The molecular formula is C11H11FN4. The van der Waals surface area contributed by atoms with Gasteiger partial charge in [-0.25, -0.2) is 19.8 Å². The Balaban J connectivity index is 2.33. The molecule has 0 radical (unpaired) electrons. The summed E-state index contributed by atoms with van der Waals surface area (Å²) in [5.41, 5.74) is 4.34. The summed E-state index contributed by atoms with van der Waals surface area (Å²) in [4.78, 5) is 7.83. The second kappa shape index (κ2) is 4.78. The van der Waals surface area contributed by atoms with Crippen molar-refractivity contribution in [2.45, 2.75) is 6.04 Å². The fourth-order valence-corrected chi connectivity index (χ4v) is 1.50. The van der Waals surface area contributed by atoms with Crippen LogP contribution in [0.2, 0.25) is 0 Å². The largest absolute Gasteiger partial charge is 0.271 e. The molecule has 1 aromatic heterocycles. The van der Waals surface area contributed by atoms with Crippen molar-refractivity contribution >= 4 is 0 Å². The zero-order chi connectivity index (χ0) is 11.4. The van der Waals surface area contributed by atoms with E-state index in [4.69, 9.17) is 5.84 Å². The van der Waals surface area contributed by atoms with Gasteiger partial charge in [-0.3, -0.25) is 5.84 Å². The van der Waals surface area contributed by atoms with Crippen LogP contribution in [0.15, 0.2) is 43.0 Å². The number of hydrazine groups is 1. The number of nitrogens with one attached hydrogen (secondary N) is 1. The first-order valence-electron chi connectivity index (χ1n) is 4.78. The summed E-state index contributed by atoms with van der Waals surface area (Å²) in [6.07, 6.45) is 4.78. The van der Waals surface area contributed by atoms with E-state index in [-0.39, 0.29) is 11.9 Å². The highest BCUT2D eigenvalue weighted by molar-refractivity contribution is 5.28. The number of benzene rings is 1. The van der Waals surface area contributed by atoms with Crippen LogP contribution < -0.4 is 11.3 Å². The summed E-state index contributed by atoms with van der Waals surface area (Å²) in [6.45, 7) is 0. The summed E-state index contributed by atoms with van der Waals surface area (Å²) in [6, 6.07) is 5.90. The Morgan fingerprint density at radius 2 is 1.69 bits per heavy atom. The van der Waals surface area contributed by atoms with Gasteiger partial charge in [0.2, 0.25) is 0 Å². The molecule has 4 nitrogen and oxygen atoms in total. The Kier molecular flexibility index (Phi) is 3.19. The SMILES string of the molecule is NNC(c1ccc(F)cc1)c1cncnc1. The average molecular weight is 218 g/mol. The number of halogens is 1. The molecule has 0 aliphatic rings. The fourth-order valence-electron chi connectivity index (χ4n) is 1.50. The Bertz CT molecular complexity index is 443. The van der Waals surface area contributed by atoms with Gasteiger partial charge in [0.25, 0.3) is 0 Å². The van der Waals surface area contributed by atoms with Crippen LogP contribution >= 0.6 is 0 Å². The summed E-state index contributed by atoms with van der Waals surface area (Å²) in [5.74, 6) is 5.20. The van der Waals surface area contributed by atoms with Crippen molar-refractivity contribution in [1.29, 1.82) is 0 Å². The molecule has 3 N–H and O–H groups in total. The molecule has 82 valence electrons. The van der Waals surface area contributed by atoms with E-state index in [1.807, 2.05) is 0 Å². The van der Waals surface area contributed by atoms with Crippen molar-refractivity contribution in [2.75, 3.05) is 0 Å². The fraction of sp³-hybridized carbons (Fsp3) is 0.0909. The van der Waals surface area contributed by atoms with Crippen LogP contribution in [0.5, 0.6) is 0 Å². The Labute approximate surface area is 92.3 Å². The quantitative estimate of drug-likeness (QED) is 0.599. The molecule has 1 atom stereocenters. The van der Waals surface area contributed by atoms with Crippen LogP contribution in [-0.2, 0) is 0 Å². The van der Waals surface area contributed by atoms with Crippen LogP contribution in [0.4, 0.5) is 4.39 Å². The monoisotopic (exact) mass is 218 g/mol. The highest BCUT2D eigenvalue weighted by Gasteiger charge is 2.12. The van der Waals surface area contributed by atoms with E-state index in [9.17, 15) is 4.39 Å². The molecule has 0 aliphatic heterocycles. The number of rotatable bonds is 3. The van der Waals surface area contributed by atoms with Crippen molar-refractivity contribution < 1.29 is 4.39 Å². The van der Waals surface area contributed by atoms with Crippen LogP contribution in [0, 0.1) is 5.82 Å². The van der Waals surface area contributed by atoms with Gasteiger partial charge in [-0.05, 0) is 17.7 Å². The highest BCUT2D eigenvalue weighted by atomic mass is 19.1. The summed E-state index contributed by atoms with van der Waals surface area (Å²) in [5, 5.41) is 0. The van der Waals surface area contributed by atoms with E-state index in [0.717, 1.165) is 11.1 Å². The zero-order valence-electron chi connectivity index (χ0n) is 8.47. The van der Waals surface area contributed by atoms with Crippen molar-refractivity contribution in [1.82, 2.24) is 15.4 Å². The summed E-state index contributed by atoms with van der Waals surface area (Å²) >= 11 is 0. The van der Waals surface area contributed by atoms with Crippen LogP contribution in [0.3, 0.4) is 0 Å². The molecular weight excluding hydrogens is 207 g/mol. The van der Waals surface area contributed by atoms with Gasteiger partial charge in [-0.2, -0.15) is 0 Å². The first kappa shape index (κ1) is 10.7. The first-order valence-corrected chi connectivity index (χ1v) is 4.78. The summed E-state index contributed by atoms with van der Waals surface area (Å²) in [7, 11) is 0. The molecule has 2 aromatic rings. The third kappa shape index (κ3) is 2.21. The minimum atomic E-state index is -0.274. The minimum absolute atomic E-state index is 0.234. The highest BCUT2D eigenvalue weighted by Crippen LogP contribution is 2.19. The van der Waals surface area contributed by atoms with Crippen molar-refractivity contribution in [2.24, 2.45) is 5.84 Å². The Morgan fingerprint density at radius 3 is 2.25 bits per heavy atom. The third-order valence-electron chi connectivity index (χ3n) is 2.28. The van der Waals surface area contributed by atoms with Crippen molar-refractivity contribution in [3.8, 4) is 0 Å². The molecule has 1 aromatic carbocycles. The molecule has 0 saturated heterocycles. The van der Waals surface area contributed by atoms with Gasteiger partial charge in [0.15, 0.2) is 0 Å². The molecule has 16 heavy (non-hydrogen) atoms. The minimum Gasteiger partial charge on any atom is -0.271 e. The van der Waals surface area contributed by atoms with E-state index >= 15 is 0 Å². The normalized spacial score (nSPS) is 12.4. The lowest BCUT2D eigenvalue weighted by Gasteiger charge is -2.15. The number of nitrogens with zero attached hydrogens (tertiary/aromatic N) is 2. The van der Waals surface area contributed by atoms with E-state index in [1.165, 1.54) is 18.5 Å². The lowest BCUT2D eigenvalue weighted by molar-refractivity contribution is 0.613. The van der Waals surface area contributed by atoms with Crippen molar-refractivity contribution in [3.05, 3.63) is 59.9 Å². The van der Waals surface area contributed by atoms with E-state index < -0.39 is 0 Å². The van der Waals surface area contributed by atoms with Gasteiger partial charge >= 0.3 is 0 Å². The lowest BCUT2D eigenvalue weighted by Crippen LogP contribution is -2.29. The van der Waals surface area contributed by atoms with Crippen LogP contribution in [0.1, 0.15) is 17.2 Å². The second-order valence-electron chi connectivity index (χ2n) is 3.32. The predicted octanol–water partition coefficient (Wildman–Crippen LogP) is 1.17. The maximum atomic E-state index is 12.8. The van der Waals surface area contributed by atoms with Crippen LogP contribution in [-0.4, -0.2) is 9.97 Å². The maximum absolute atomic E-state index is 12.8. The third-order valence-corrected chi connectivity index (χ3v) is 2.28. The lowest BCUT2D eigenvalue weighted by atomic mass is 10.0. The predicted molar refractivity (Wildman–Crippen MR) is 57.6 cm³/mol. The standard InChI is InChI=1S/C11H11FN4/c12-10-3-1-8(2-4-10)11(16-13)9-5-14-7-15-6-9/h1-7,11,16H,13H2. The second-order valence-corrected chi connectivity index (χ2v) is 3.32. The van der Waals surface area contributed by atoms with Crippen molar-refractivity contribution in [3.63, 3.8) is 0 Å².